The Bertz CT molecular complexity index is 602. The summed E-state index contributed by atoms with van der Waals surface area (Å²) in [7, 11) is -3.03. The maximum atomic E-state index is 6.52. The molecule has 1 unspecified atom stereocenters. The molecule has 0 spiro atoms. The molecular formula is C17H26Cl2OSi2Zr. The predicted molar refractivity (Wildman–Crippen MR) is 91.7 cm³/mol. The van der Waals surface area contributed by atoms with Crippen LogP contribution in [0.15, 0.2) is 40.9 Å². The average Bonchev–Trinajstić information content (AvgIpc) is 2.96. The van der Waals surface area contributed by atoms with Crippen LogP contribution in [-0.2, 0) is 27.7 Å². The van der Waals surface area contributed by atoms with E-state index in [2.05, 4.69) is 51.3 Å². The van der Waals surface area contributed by atoms with Gasteiger partial charge in [-0.05, 0) is 0 Å². The first-order chi connectivity index (χ1) is 9.85. The van der Waals surface area contributed by atoms with Crippen LogP contribution in [0.4, 0.5) is 0 Å². The molecule has 3 aliphatic rings. The second-order valence-electron chi connectivity index (χ2n) is 7.55. The van der Waals surface area contributed by atoms with Crippen molar-refractivity contribution in [2.75, 3.05) is 0 Å². The topological polar surface area (TPSA) is 9.23 Å². The summed E-state index contributed by atoms with van der Waals surface area (Å²) in [6.45, 7) is 11.9. The Kier molecular flexibility index (Phi) is 7.46. The average molecular weight is 465 g/mol. The summed E-state index contributed by atoms with van der Waals surface area (Å²) < 4.78 is 10.3. The zero-order chi connectivity index (χ0) is 15.3. The molecule has 0 radical (unpaired) electrons. The summed E-state index contributed by atoms with van der Waals surface area (Å²) >= 11 is -0.502. The maximum absolute atomic E-state index is 6.52. The smallest absolute Gasteiger partial charge is 1.00 e. The Balaban J connectivity index is 0.00000132. The SMILES string of the molecule is CCC[Si]1(C)C2=[C](CC=C2)[Zr+2][C]2=C1C(O[Si](C)(C)C)=CC2.[Cl-].[Cl-]. The maximum Gasteiger partial charge on any atom is -1.00 e. The molecular weight excluding hydrogens is 438 g/mol. The van der Waals surface area contributed by atoms with Crippen LogP contribution in [-0.4, -0.2) is 16.4 Å². The molecule has 0 aromatic rings. The van der Waals surface area contributed by atoms with Gasteiger partial charge in [-0.15, -0.1) is 0 Å². The third-order valence-electron chi connectivity index (χ3n) is 4.59. The van der Waals surface area contributed by atoms with Crippen molar-refractivity contribution >= 4 is 16.4 Å². The van der Waals surface area contributed by atoms with E-state index in [1.807, 2.05) is 11.8 Å². The summed E-state index contributed by atoms with van der Waals surface area (Å²) in [5.41, 5.74) is 0. The van der Waals surface area contributed by atoms with E-state index in [9.17, 15) is 0 Å². The van der Waals surface area contributed by atoms with Crippen LogP contribution in [0.25, 0.3) is 0 Å². The van der Waals surface area contributed by atoms with Crippen molar-refractivity contribution in [1.82, 2.24) is 0 Å². The Morgan fingerprint density at radius 1 is 1.17 bits per heavy atom. The van der Waals surface area contributed by atoms with Crippen molar-refractivity contribution in [3.05, 3.63) is 40.9 Å². The van der Waals surface area contributed by atoms with Crippen LogP contribution in [0, 0.1) is 0 Å². The number of hydrogen-bond acceptors (Lipinski definition) is 1. The zero-order valence-electron chi connectivity index (χ0n) is 14.7. The normalized spacial score (nSPS) is 24.8. The predicted octanol–water partition coefficient (Wildman–Crippen LogP) is -0.735. The summed E-state index contributed by atoms with van der Waals surface area (Å²) in [6, 6.07) is 1.39. The van der Waals surface area contributed by atoms with E-state index < -0.39 is 39.6 Å². The third-order valence-corrected chi connectivity index (χ3v) is 15.2. The molecule has 0 aromatic heterocycles. The first kappa shape index (κ1) is 21.7. The van der Waals surface area contributed by atoms with Crippen molar-refractivity contribution in [1.29, 1.82) is 0 Å². The fourth-order valence-corrected chi connectivity index (χ4v) is 17.3. The fraction of sp³-hybridized carbons (Fsp3) is 0.529. The molecule has 1 nitrogen and oxygen atoms in total. The Morgan fingerprint density at radius 3 is 2.48 bits per heavy atom. The standard InChI is InChI=1S/C17H26OSi2.2ClH.Zr/c1-6-14-20(5,15-10-7-8-11-15)17-13-9-12-16(17)18-19(2,3)4;;;/h7,10,12H,6,8-9,14H2,1-5H3;2*1H;/q;;;+2/p-2. The zero-order valence-corrected chi connectivity index (χ0v) is 20.7. The molecule has 0 fully saturated rings. The Labute approximate surface area is 167 Å². The van der Waals surface area contributed by atoms with Gasteiger partial charge in [0.2, 0.25) is 0 Å². The summed E-state index contributed by atoms with van der Waals surface area (Å²) in [4.78, 5) is 0. The quantitative estimate of drug-likeness (QED) is 0.499. The molecule has 0 bridgehead atoms. The largest absolute Gasteiger partial charge is 1.00 e. The van der Waals surface area contributed by atoms with Crippen LogP contribution < -0.4 is 24.8 Å². The van der Waals surface area contributed by atoms with Crippen molar-refractivity contribution < 1.29 is 52.5 Å². The molecule has 0 N–H and O–H groups in total. The number of rotatable bonds is 4. The molecule has 0 saturated carbocycles. The Morgan fingerprint density at radius 2 is 1.87 bits per heavy atom. The second kappa shape index (κ2) is 7.91. The van der Waals surface area contributed by atoms with Gasteiger partial charge in [0.05, 0.1) is 0 Å². The van der Waals surface area contributed by atoms with Crippen molar-refractivity contribution in [3.8, 4) is 0 Å². The molecule has 0 amide bonds. The van der Waals surface area contributed by atoms with Gasteiger partial charge < -0.3 is 24.8 Å². The molecule has 0 saturated heterocycles. The van der Waals surface area contributed by atoms with E-state index >= 15 is 0 Å². The minimum absolute atomic E-state index is 0. The molecule has 2 aliphatic carbocycles. The van der Waals surface area contributed by atoms with Crippen molar-refractivity contribution in [3.63, 3.8) is 0 Å². The van der Waals surface area contributed by atoms with E-state index in [1.54, 1.807) is 5.20 Å². The monoisotopic (exact) mass is 462 g/mol. The van der Waals surface area contributed by atoms with Gasteiger partial charge in [0, 0.05) is 0 Å². The van der Waals surface area contributed by atoms with E-state index in [0.29, 0.717) is 0 Å². The van der Waals surface area contributed by atoms with Crippen LogP contribution >= 0.6 is 0 Å². The van der Waals surface area contributed by atoms with Gasteiger partial charge >= 0.3 is 143 Å². The summed E-state index contributed by atoms with van der Waals surface area (Å²) in [6.07, 6.45) is 11.1. The van der Waals surface area contributed by atoms with E-state index in [0.717, 1.165) is 0 Å². The van der Waals surface area contributed by atoms with Crippen LogP contribution in [0.5, 0.6) is 0 Å². The van der Waals surface area contributed by atoms with Crippen LogP contribution in [0.2, 0.25) is 32.2 Å². The molecule has 23 heavy (non-hydrogen) atoms. The van der Waals surface area contributed by atoms with Crippen molar-refractivity contribution in [2.24, 2.45) is 0 Å². The Hall–Kier alpha value is 0.657. The van der Waals surface area contributed by atoms with Crippen LogP contribution in [0.3, 0.4) is 0 Å². The molecule has 0 aromatic carbocycles. The van der Waals surface area contributed by atoms with Crippen molar-refractivity contribution in [2.45, 2.75) is 58.4 Å². The van der Waals surface area contributed by atoms with E-state index in [-0.39, 0.29) is 24.8 Å². The fourth-order valence-electron chi connectivity index (χ4n) is 3.91. The van der Waals surface area contributed by atoms with Gasteiger partial charge in [0.25, 0.3) is 0 Å². The van der Waals surface area contributed by atoms with E-state index in [1.165, 1.54) is 31.1 Å². The molecule has 1 heterocycles. The summed E-state index contributed by atoms with van der Waals surface area (Å²) in [5, 5.41) is 3.56. The first-order valence-electron chi connectivity index (χ1n) is 8.15. The molecule has 6 heteroatoms. The summed E-state index contributed by atoms with van der Waals surface area (Å²) in [5.74, 6) is 1.32. The van der Waals surface area contributed by atoms with E-state index in [4.69, 9.17) is 4.43 Å². The number of hydrogen-bond donors (Lipinski definition) is 0. The number of halogens is 2. The second-order valence-corrected chi connectivity index (χ2v) is 19.8. The van der Waals surface area contributed by atoms with Gasteiger partial charge in [-0.25, -0.2) is 0 Å². The van der Waals surface area contributed by atoms with Gasteiger partial charge in [-0.3, -0.25) is 0 Å². The van der Waals surface area contributed by atoms with Gasteiger partial charge in [-0.2, -0.15) is 0 Å². The van der Waals surface area contributed by atoms with Gasteiger partial charge in [-0.1, -0.05) is 0 Å². The molecule has 126 valence electrons. The molecule has 1 aliphatic heterocycles. The molecule has 1 atom stereocenters. The minimum Gasteiger partial charge on any atom is -1.00 e. The first-order valence-corrected chi connectivity index (χ1v) is 16.7. The van der Waals surface area contributed by atoms with Gasteiger partial charge in [0.15, 0.2) is 0 Å². The minimum atomic E-state index is -1.52. The number of allylic oxidation sites excluding steroid dienone is 7. The third kappa shape index (κ3) is 4.08. The molecule has 3 rings (SSSR count). The van der Waals surface area contributed by atoms with Crippen LogP contribution in [0.1, 0.15) is 26.2 Å². The van der Waals surface area contributed by atoms with Gasteiger partial charge in [0.1, 0.15) is 0 Å².